The predicted octanol–water partition coefficient (Wildman–Crippen LogP) is 5.09. The summed E-state index contributed by atoms with van der Waals surface area (Å²) in [5, 5.41) is 11.9. The third-order valence-electron chi connectivity index (χ3n) is 4.16. The van der Waals surface area contributed by atoms with Crippen molar-refractivity contribution in [1.82, 2.24) is 0 Å². The van der Waals surface area contributed by atoms with Gasteiger partial charge in [-0.2, -0.15) is 0 Å². The van der Waals surface area contributed by atoms with Gasteiger partial charge in [-0.25, -0.2) is 4.79 Å². The summed E-state index contributed by atoms with van der Waals surface area (Å²) in [4.78, 5) is 23.7. The number of carbonyl (C=O) groups excluding carboxylic acids is 1. The summed E-state index contributed by atoms with van der Waals surface area (Å²) < 4.78 is 0. The van der Waals surface area contributed by atoms with Crippen molar-refractivity contribution >= 4 is 23.6 Å². The van der Waals surface area contributed by atoms with Gasteiger partial charge in [-0.3, -0.25) is 4.79 Å². The molecule has 0 spiro atoms. The molecule has 2 N–H and O–H groups in total. The van der Waals surface area contributed by atoms with Crippen LogP contribution < -0.4 is 5.32 Å². The summed E-state index contributed by atoms with van der Waals surface area (Å²) in [5.74, 6) is -1.42. The lowest BCUT2D eigenvalue weighted by molar-refractivity contribution is -0.112. The number of anilines is 1. The van der Waals surface area contributed by atoms with E-state index in [0.29, 0.717) is 5.57 Å². The van der Waals surface area contributed by atoms with Crippen molar-refractivity contribution < 1.29 is 14.7 Å². The smallest absolute Gasteiger partial charge is 0.337 e. The quantitative estimate of drug-likeness (QED) is 0.625. The molecule has 0 bridgehead atoms. The SMILES string of the molecule is C/C(=C\c1ccc(-c2ccccc2)cc1)C(=O)Nc1ccccc1C(=O)O. The lowest BCUT2D eigenvalue weighted by Crippen LogP contribution is -2.15. The molecular weight excluding hydrogens is 338 g/mol. The van der Waals surface area contributed by atoms with Crippen molar-refractivity contribution in [3.05, 3.63) is 95.6 Å². The van der Waals surface area contributed by atoms with Crippen LogP contribution in [0.1, 0.15) is 22.8 Å². The standard InChI is InChI=1S/C23H19NO3/c1-16(22(25)24-21-10-6-5-9-20(21)23(26)27)15-17-11-13-19(14-12-17)18-7-3-2-4-8-18/h2-15H,1H3,(H,24,25)(H,26,27)/b16-15+. The molecule has 0 atom stereocenters. The number of aromatic carboxylic acids is 1. The van der Waals surface area contributed by atoms with Crippen LogP contribution >= 0.6 is 0 Å². The molecule has 0 aliphatic heterocycles. The van der Waals surface area contributed by atoms with Crippen LogP contribution in [-0.2, 0) is 4.79 Å². The molecule has 3 aromatic rings. The Morgan fingerprint density at radius 1 is 0.815 bits per heavy atom. The molecule has 0 radical (unpaired) electrons. The molecule has 27 heavy (non-hydrogen) atoms. The summed E-state index contributed by atoms with van der Waals surface area (Å²) >= 11 is 0. The number of nitrogens with one attached hydrogen (secondary N) is 1. The van der Waals surface area contributed by atoms with Gasteiger partial charge in [0.2, 0.25) is 0 Å². The highest BCUT2D eigenvalue weighted by Gasteiger charge is 2.12. The summed E-state index contributed by atoms with van der Waals surface area (Å²) in [6.45, 7) is 1.70. The van der Waals surface area contributed by atoms with Crippen LogP contribution in [0.3, 0.4) is 0 Å². The fourth-order valence-corrected chi connectivity index (χ4v) is 2.72. The average molecular weight is 357 g/mol. The highest BCUT2D eigenvalue weighted by Crippen LogP contribution is 2.21. The number of amides is 1. The largest absolute Gasteiger partial charge is 0.478 e. The minimum atomic E-state index is -1.08. The number of para-hydroxylation sites is 1. The molecule has 0 unspecified atom stereocenters. The van der Waals surface area contributed by atoms with E-state index in [1.807, 2.05) is 54.6 Å². The summed E-state index contributed by atoms with van der Waals surface area (Å²) in [5.41, 5.74) is 3.96. The van der Waals surface area contributed by atoms with Crippen molar-refractivity contribution in [2.24, 2.45) is 0 Å². The van der Waals surface area contributed by atoms with E-state index in [2.05, 4.69) is 5.32 Å². The topological polar surface area (TPSA) is 66.4 Å². The van der Waals surface area contributed by atoms with E-state index >= 15 is 0 Å². The Morgan fingerprint density at radius 3 is 2.07 bits per heavy atom. The molecule has 4 nitrogen and oxygen atoms in total. The fourth-order valence-electron chi connectivity index (χ4n) is 2.72. The van der Waals surface area contributed by atoms with E-state index in [4.69, 9.17) is 0 Å². The van der Waals surface area contributed by atoms with E-state index in [0.717, 1.165) is 16.7 Å². The summed E-state index contributed by atoms with van der Waals surface area (Å²) in [7, 11) is 0. The molecule has 0 aromatic heterocycles. The maximum atomic E-state index is 12.4. The number of benzene rings is 3. The average Bonchev–Trinajstić information content (AvgIpc) is 2.69. The first-order valence-corrected chi connectivity index (χ1v) is 8.52. The van der Waals surface area contributed by atoms with E-state index in [-0.39, 0.29) is 17.2 Å². The first-order chi connectivity index (χ1) is 13.0. The molecular formula is C23H19NO3. The Labute approximate surface area is 157 Å². The Balaban J connectivity index is 1.75. The van der Waals surface area contributed by atoms with Gasteiger partial charge < -0.3 is 10.4 Å². The van der Waals surface area contributed by atoms with Crippen LogP contribution in [0.25, 0.3) is 17.2 Å². The maximum Gasteiger partial charge on any atom is 0.337 e. The van der Waals surface area contributed by atoms with Gasteiger partial charge in [-0.1, -0.05) is 66.7 Å². The van der Waals surface area contributed by atoms with Crippen LogP contribution in [0, 0.1) is 0 Å². The number of carboxylic acids is 1. The van der Waals surface area contributed by atoms with Gasteiger partial charge in [0.05, 0.1) is 11.3 Å². The Morgan fingerprint density at radius 2 is 1.41 bits per heavy atom. The van der Waals surface area contributed by atoms with Gasteiger partial charge in [0, 0.05) is 5.57 Å². The number of hydrogen-bond donors (Lipinski definition) is 2. The van der Waals surface area contributed by atoms with Crippen LogP contribution in [0.2, 0.25) is 0 Å². The van der Waals surface area contributed by atoms with Gasteiger partial charge in [0.25, 0.3) is 5.91 Å². The molecule has 0 saturated carbocycles. The highest BCUT2D eigenvalue weighted by molar-refractivity contribution is 6.09. The van der Waals surface area contributed by atoms with Gasteiger partial charge in [-0.15, -0.1) is 0 Å². The van der Waals surface area contributed by atoms with E-state index in [1.165, 1.54) is 6.07 Å². The van der Waals surface area contributed by atoms with Gasteiger partial charge >= 0.3 is 5.97 Å². The zero-order chi connectivity index (χ0) is 19.2. The first-order valence-electron chi connectivity index (χ1n) is 8.52. The van der Waals surface area contributed by atoms with E-state index < -0.39 is 5.97 Å². The lowest BCUT2D eigenvalue weighted by atomic mass is 10.0. The van der Waals surface area contributed by atoms with Crippen LogP contribution in [0.5, 0.6) is 0 Å². The zero-order valence-corrected chi connectivity index (χ0v) is 14.8. The molecule has 134 valence electrons. The second-order valence-corrected chi connectivity index (χ2v) is 6.12. The van der Waals surface area contributed by atoms with Crippen LogP contribution in [0.4, 0.5) is 5.69 Å². The maximum absolute atomic E-state index is 12.4. The van der Waals surface area contributed by atoms with Crippen molar-refractivity contribution in [3.63, 3.8) is 0 Å². The fraction of sp³-hybridized carbons (Fsp3) is 0.0435. The molecule has 0 heterocycles. The third kappa shape index (κ3) is 4.50. The minimum Gasteiger partial charge on any atom is -0.478 e. The molecule has 0 aliphatic carbocycles. The number of hydrogen-bond acceptors (Lipinski definition) is 2. The first kappa shape index (κ1) is 18.1. The van der Waals surface area contributed by atoms with Gasteiger partial charge in [-0.05, 0) is 41.8 Å². The second kappa shape index (κ2) is 8.15. The van der Waals surface area contributed by atoms with Gasteiger partial charge in [0.1, 0.15) is 0 Å². The van der Waals surface area contributed by atoms with E-state index in [1.54, 1.807) is 31.2 Å². The predicted molar refractivity (Wildman–Crippen MR) is 108 cm³/mol. The van der Waals surface area contributed by atoms with Gasteiger partial charge in [0.15, 0.2) is 0 Å². The summed E-state index contributed by atoms with van der Waals surface area (Å²) in [6.07, 6.45) is 1.77. The number of carbonyl (C=O) groups is 2. The van der Waals surface area contributed by atoms with Crippen molar-refractivity contribution in [1.29, 1.82) is 0 Å². The second-order valence-electron chi connectivity index (χ2n) is 6.12. The molecule has 0 saturated heterocycles. The zero-order valence-electron chi connectivity index (χ0n) is 14.8. The summed E-state index contributed by atoms with van der Waals surface area (Å²) in [6, 6.07) is 24.3. The molecule has 4 heteroatoms. The van der Waals surface area contributed by atoms with E-state index in [9.17, 15) is 14.7 Å². The lowest BCUT2D eigenvalue weighted by Gasteiger charge is -2.09. The third-order valence-corrected chi connectivity index (χ3v) is 4.16. The molecule has 3 rings (SSSR count). The number of rotatable bonds is 5. The normalized spacial score (nSPS) is 11.1. The van der Waals surface area contributed by atoms with Crippen molar-refractivity contribution in [3.8, 4) is 11.1 Å². The van der Waals surface area contributed by atoms with Crippen molar-refractivity contribution in [2.75, 3.05) is 5.32 Å². The molecule has 1 amide bonds. The molecule has 0 aliphatic rings. The highest BCUT2D eigenvalue weighted by atomic mass is 16.4. The van der Waals surface area contributed by atoms with Crippen LogP contribution in [-0.4, -0.2) is 17.0 Å². The molecule has 0 fully saturated rings. The Hall–Kier alpha value is -3.66. The molecule has 3 aromatic carbocycles. The number of carboxylic acid groups (broad SMARTS) is 1. The van der Waals surface area contributed by atoms with Crippen LogP contribution in [0.15, 0.2) is 84.4 Å². The Kier molecular flexibility index (Phi) is 5.47. The Bertz CT molecular complexity index is 990. The van der Waals surface area contributed by atoms with Crippen molar-refractivity contribution in [2.45, 2.75) is 6.92 Å². The minimum absolute atomic E-state index is 0.0610. The monoisotopic (exact) mass is 357 g/mol.